The van der Waals surface area contributed by atoms with E-state index in [4.69, 9.17) is 13.7 Å². The predicted molar refractivity (Wildman–Crippen MR) is 97.3 cm³/mol. The lowest BCUT2D eigenvalue weighted by Gasteiger charge is -2.15. The Hall–Kier alpha value is -2.38. The minimum Gasteiger partial charge on any atom is -0.457 e. The summed E-state index contributed by atoms with van der Waals surface area (Å²) in [5.41, 5.74) is 2.09. The molecule has 0 atom stereocenters. The second-order valence-corrected chi connectivity index (χ2v) is 8.44. The van der Waals surface area contributed by atoms with E-state index in [0.29, 0.717) is 11.3 Å². The van der Waals surface area contributed by atoms with Gasteiger partial charge in [-0.2, -0.15) is 8.42 Å². The number of aryl methyl sites for hydroxylation is 1. The summed E-state index contributed by atoms with van der Waals surface area (Å²) in [7, 11) is -3.94. The molecule has 1 fully saturated rings. The van der Waals surface area contributed by atoms with Gasteiger partial charge >= 0.3 is 16.1 Å². The van der Waals surface area contributed by atoms with Gasteiger partial charge in [0.1, 0.15) is 23.0 Å². The fourth-order valence-corrected chi connectivity index (χ4v) is 4.65. The summed E-state index contributed by atoms with van der Waals surface area (Å²) in [6.45, 7) is 2.05. The van der Waals surface area contributed by atoms with Crippen LogP contribution in [0, 0.1) is 6.92 Å². The summed E-state index contributed by atoms with van der Waals surface area (Å²) < 4.78 is 41.8. The van der Waals surface area contributed by atoms with Crippen molar-refractivity contribution in [1.82, 2.24) is 0 Å². The van der Waals surface area contributed by atoms with Crippen molar-refractivity contribution in [1.29, 1.82) is 0 Å². The molecule has 0 bridgehead atoms. The Kier molecular flexibility index (Phi) is 4.65. The molecule has 2 aliphatic rings. The lowest BCUT2D eigenvalue weighted by atomic mass is 10.1. The number of carbonyl (C=O) groups excluding carboxylic acids is 1. The van der Waals surface area contributed by atoms with Crippen molar-refractivity contribution in [3.63, 3.8) is 0 Å². The molecule has 0 saturated heterocycles. The van der Waals surface area contributed by atoms with Crippen LogP contribution in [0.2, 0.25) is 0 Å². The minimum atomic E-state index is -3.94. The molecule has 0 N–H and O–H groups in total. The Bertz CT molecular complexity index is 990. The van der Waals surface area contributed by atoms with Crippen molar-refractivity contribution in [2.75, 3.05) is 0 Å². The van der Waals surface area contributed by atoms with Crippen LogP contribution in [0.1, 0.15) is 47.2 Å². The van der Waals surface area contributed by atoms with Crippen LogP contribution in [-0.4, -0.2) is 20.5 Å². The lowest BCUT2D eigenvalue weighted by Crippen LogP contribution is -2.16. The molecular formula is C20H20O6S. The monoisotopic (exact) mass is 388 g/mol. The van der Waals surface area contributed by atoms with Crippen LogP contribution in [0.25, 0.3) is 0 Å². The molecule has 2 aromatic carbocycles. The molecule has 4 rings (SSSR count). The van der Waals surface area contributed by atoms with Crippen LogP contribution < -0.4 is 4.74 Å². The average molecular weight is 388 g/mol. The number of rotatable bonds is 5. The highest BCUT2D eigenvalue weighted by Crippen LogP contribution is 2.34. The fourth-order valence-electron chi connectivity index (χ4n) is 3.42. The van der Waals surface area contributed by atoms with Gasteiger partial charge in [-0.25, -0.2) is 4.79 Å². The number of hydrogen-bond acceptors (Lipinski definition) is 6. The highest BCUT2D eigenvalue weighted by atomic mass is 32.2. The molecule has 1 saturated carbocycles. The molecular weight excluding hydrogens is 368 g/mol. The lowest BCUT2D eigenvalue weighted by molar-refractivity contribution is 0.0535. The Labute approximate surface area is 158 Å². The van der Waals surface area contributed by atoms with Gasteiger partial charge in [-0.05, 0) is 55.7 Å². The van der Waals surface area contributed by atoms with Gasteiger partial charge in [0.25, 0.3) is 0 Å². The van der Waals surface area contributed by atoms with Gasteiger partial charge < -0.3 is 9.47 Å². The maximum Gasteiger partial charge on any atom is 0.338 e. The largest absolute Gasteiger partial charge is 0.457 e. The molecule has 6 nitrogen and oxygen atoms in total. The van der Waals surface area contributed by atoms with Crippen LogP contribution in [0.5, 0.6) is 11.5 Å². The average Bonchev–Trinajstić information content (AvgIpc) is 3.24. The van der Waals surface area contributed by atoms with Gasteiger partial charge in [0.2, 0.25) is 0 Å². The van der Waals surface area contributed by atoms with Crippen LogP contribution >= 0.6 is 0 Å². The highest BCUT2D eigenvalue weighted by molar-refractivity contribution is 7.86. The van der Waals surface area contributed by atoms with Crippen molar-refractivity contribution in [2.45, 2.75) is 50.2 Å². The summed E-state index contributed by atoms with van der Waals surface area (Å²) in [6.07, 6.45) is 3.19. The summed E-state index contributed by atoms with van der Waals surface area (Å²) in [4.78, 5) is 11.6. The molecule has 27 heavy (non-hydrogen) atoms. The second kappa shape index (κ2) is 6.98. The first kappa shape index (κ1) is 18.0. The summed E-state index contributed by atoms with van der Waals surface area (Å²) in [6, 6.07) is 9.83. The zero-order chi connectivity index (χ0) is 19.0. The third-order valence-electron chi connectivity index (χ3n) is 4.82. The van der Waals surface area contributed by atoms with E-state index < -0.39 is 10.1 Å². The van der Waals surface area contributed by atoms with E-state index in [0.717, 1.165) is 36.8 Å². The first-order chi connectivity index (χ1) is 12.9. The molecule has 1 heterocycles. The smallest absolute Gasteiger partial charge is 0.338 e. The van der Waals surface area contributed by atoms with Crippen molar-refractivity contribution in [3.8, 4) is 11.5 Å². The van der Waals surface area contributed by atoms with Crippen molar-refractivity contribution >= 4 is 16.1 Å². The molecule has 1 aliphatic carbocycles. The molecule has 1 aliphatic heterocycles. The van der Waals surface area contributed by atoms with E-state index in [-0.39, 0.29) is 29.3 Å². The molecule has 0 aromatic heterocycles. The Morgan fingerprint density at radius 2 is 1.85 bits per heavy atom. The quantitative estimate of drug-likeness (QED) is 0.567. The van der Waals surface area contributed by atoms with Gasteiger partial charge in [-0.1, -0.05) is 18.9 Å². The third kappa shape index (κ3) is 3.70. The number of hydrogen-bond donors (Lipinski definition) is 0. The molecule has 2 aromatic rings. The Morgan fingerprint density at radius 1 is 1.07 bits per heavy atom. The second-order valence-electron chi connectivity index (χ2n) is 6.90. The van der Waals surface area contributed by atoms with E-state index in [9.17, 15) is 13.2 Å². The third-order valence-corrected chi connectivity index (χ3v) is 6.22. The maximum absolute atomic E-state index is 12.8. The topological polar surface area (TPSA) is 78.9 Å². The van der Waals surface area contributed by atoms with Crippen LogP contribution in [0.4, 0.5) is 0 Å². The van der Waals surface area contributed by atoms with Gasteiger partial charge in [0.05, 0.1) is 11.7 Å². The zero-order valence-corrected chi connectivity index (χ0v) is 15.8. The number of carbonyl (C=O) groups is 1. The molecule has 7 heteroatoms. The Balaban J connectivity index is 1.65. The Morgan fingerprint density at radius 3 is 2.63 bits per heavy atom. The minimum absolute atomic E-state index is 0.00725. The standard InChI is InChI=1S/C20H20O6S/c1-13-6-9-19(27(22,23)26-15-4-2-3-5-15)18(10-13)25-16-7-8-17-14(11-16)12-24-20(17)21/h6-11,15H,2-5,12H2,1H3. The number of fused-ring (bicyclic) bond motifs is 1. The van der Waals surface area contributed by atoms with Gasteiger partial charge in [-0.15, -0.1) is 0 Å². The molecule has 142 valence electrons. The summed E-state index contributed by atoms with van der Waals surface area (Å²) >= 11 is 0. The van der Waals surface area contributed by atoms with Crippen LogP contribution in [-0.2, 0) is 25.6 Å². The first-order valence-corrected chi connectivity index (χ1v) is 10.3. The molecule has 0 spiro atoms. The van der Waals surface area contributed by atoms with E-state index in [2.05, 4.69) is 0 Å². The number of benzene rings is 2. The molecule has 0 unspecified atom stereocenters. The zero-order valence-electron chi connectivity index (χ0n) is 14.9. The van der Waals surface area contributed by atoms with E-state index >= 15 is 0 Å². The van der Waals surface area contributed by atoms with E-state index in [1.165, 1.54) is 6.07 Å². The first-order valence-electron chi connectivity index (χ1n) is 8.94. The van der Waals surface area contributed by atoms with Crippen molar-refractivity contribution in [3.05, 3.63) is 53.1 Å². The van der Waals surface area contributed by atoms with Crippen molar-refractivity contribution in [2.24, 2.45) is 0 Å². The van der Waals surface area contributed by atoms with Gasteiger partial charge in [0, 0.05) is 5.56 Å². The highest BCUT2D eigenvalue weighted by Gasteiger charge is 2.28. The number of ether oxygens (including phenoxy) is 2. The molecule has 0 amide bonds. The van der Waals surface area contributed by atoms with Crippen LogP contribution in [0.15, 0.2) is 41.3 Å². The predicted octanol–water partition coefficient (Wildman–Crippen LogP) is 4.11. The summed E-state index contributed by atoms with van der Waals surface area (Å²) in [5, 5.41) is 0. The normalized spacial score (nSPS) is 17.0. The van der Waals surface area contributed by atoms with E-state index in [1.807, 2.05) is 6.92 Å². The fraction of sp³-hybridized carbons (Fsp3) is 0.350. The number of cyclic esters (lactones) is 1. The van der Waals surface area contributed by atoms with Crippen molar-refractivity contribution < 1.29 is 26.9 Å². The SMILES string of the molecule is Cc1ccc(S(=O)(=O)OC2CCCC2)c(Oc2ccc3c(c2)COC3=O)c1. The summed E-state index contributed by atoms with van der Waals surface area (Å²) in [5.74, 6) is 0.286. The van der Waals surface area contributed by atoms with E-state index in [1.54, 1.807) is 30.3 Å². The van der Waals surface area contributed by atoms with Crippen LogP contribution in [0.3, 0.4) is 0 Å². The van der Waals surface area contributed by atoms with Gasteiger partial charge in [0.15, 0.2) is 0 Å². The van der Waals surface area contributed by atoms with Gasteiger partial charge in [-0.3, -0.25) is 4.18 Å². The maximum atomic E-state index is 12.8. The molecule has 0 radical (unpaired) electrons. The number of esters is 1.